The molecule has 0 spiro atoms. The Hall–Kier alpha value is -3.73. The molecule has 0 saturated heterocycles. The molecule has 0 heterocycles. The van der Waals surface area contributed by atoms with E-state index >= 15 is 0 Å². The van der Waals surface area contributed by atoms with Crippen LogP contribution in [-0.4, -0.2) is 18.3 Å². The molecule has 5 heteroatoms. The van der Waals surface area contributed by atoms with Crippen LogP contribution >= 0.6 is 0 Å². The van der Waals surface area contributed by atoms with E-state index in [1.807, 2.05) is 37.4 Å². The Morgan fingerprint density at radius 2 is 1.54 bits per heavy atom. The van der Waals surface area contributed by atoms with E-state index in [9.17, 15) is 4.79 Å². The largest absolute Gasteiger partial charge is 0.399 e. The van der Waals surface area contributed by atoms with Crippen LogP contribution in [0.1, 0.15) is 32.6 Å². The SMILES string of the molecule is Cc1ccc(C)c(N=Cc2ccc(C=NNC(=O)c3ccc(N)cc3)cc2)c1. The summed E-state index contributed by atoms with van der Waals surface area (Å²) in [5.41, 5.74) is 14.4. The molecule has 0 saturated carbocycles. The van der Waals surface area contributed by atoms with Crippen molar-refractivity contribution in [2.75, 3.05) is 5.73 Å². The second-order valence-corrected chi connectivity index (χ2v) is 6.54. The summed E-state index contributed by atoms with van der Waals surface area (Å²) in [5.74, 6) is -0.284. The highest BCUT2D eigenvalue weighted by atomic mass is 16.2. The van der Waals surface area contributed by atoms with Crippen molar-refractivity contribution >= 4 is 29.7 Å². The van der Waals surface area contributed by atoms with Gasteiger partial charge in [0, 0.05) is 17.5 Å². The lowest BCUT2D eigenvalue weighted by Crippen LogP contribution is -2.17. The zero-order valence-electron chi connectivity index (χ0n) is 15.9. The second-order valence-electron chi connectivity index (χ2n) is 6.54. The van der Waals surface area contributed by atoms with Crippen molar-refractivity contribution < 1.29 is 4.79 Å². The van der Waals surface area contributed by atoms with E-state index in [4.69, 9.17) is 5.73 Å². The lowest BCUT2D eigenvalue weighted by Gasteiger charge is -2.02. The molecule has 0 bridgehead atoms. The highest BCUT2D eigenvalue weighted by Crippen LogP contribution is 2.19. The maximum atomic E-state index is 12.0. The minimum atomic E-state index is -0.284. The standard InChI is InChI=1S/C23H22N4O/c1-16-3-4-17(2)22(13-16)25-14-18-5-7-19(8-6-18)15-26-27-23(28)20-9-11-21(24)12-10-20/h3-15H,24H2,1-2H3,(H,27,28). The van der Waals surface area contributed by atoms with Gasteiger partial charge in [0.1, 0.15) is 0 Å². The summed E-state index contributed by atoms with van der Waals surface area (Å²) in [4.78, 5) is 16.6. The zero-order chi connectivity index (χ0) is 19.9. The van der Waals surface area contributed by atoms with E-state index in [0.717, 1.165) is 22.4 Å². The molecule has 0 unspecified atom stereocenters. The van der Waals surface area contributed by atoms with Crippen LogP contribution in [0.2, 0.25) is 0 Å². The Bertz CT molecular complexity index is 1020. The number of anilines is 1. The Morgan fingerprint density at radius 1 is 0.893 bits per heavy atom. The fourth-order valence-corrected chi connectivity index (χ4v) is 2.54. The number of benzene rings is 3. The molecule has 0 aliphatic carbocycles. The molecule has 3 rings (SSSR count). The highest BCUT2D eigenvalue weighted by Gasteiger charge is 2.02. The molecule has 0 aromatic heterocycles. The van der Waals surface area contributed by atoms with Gasteiger partial charge >= 0.3 is 0 Å². The Morgan fingerprint density at radius 3 is 2.21 bits per heavy atom. The van der Waals surface area contributed by atoms with Gasteiger partial charge in [-0.2, -0.15) is 5.10 Å². The number of hydrogen-bond acceptors (Lipinski definition) is 4. The molecular weight excluding hydrogens is 348 g/mol. The van der Waals surface area contributed by atoms with Gasteiger partial charge in [0.2, 0.25) is 0 Å². The van der Waals surface area contributed by atoms with Crippen molar-refractivity contribution in [3.05, 3.63) is 94.5 Å². The first kappa shape index (κ1) is 19.0. The molecule has 5 nitrogen and oxygen atoms in total. The molecule has 28 heavy (non-hydrogen) atoms. The van der Waals surface area contributed by atoms with Crippen LogP contribution in [0.25, 0.3) is 0 Å². The average Bonchev–Trinajstić information content (AvgIpc) is 2.70. The van der Waals surface area contributed by atoms with Crippen molar-refractivity contribution in [3.8, 4) is 0 Å². The first-order valence-electron chi connectivity index (χ1n) is 8.91. The highest BCUT2D eigenvalue weighted by molar-refractivity contribution is 5.95. The third-order valence-electron chi connectivity index (χ3n) is 4.21. The maximum absolute atomic E-state index is 12.0. The van der Waals surface area contributed by atoms with Gasteiger partial charge in [-0.05, 0) is 66.4 Å². The average molecular weight is 370 g/mol. The molecule has 3 aromatic rings. The number of hydrogen-bond donors (Lipinski definition) is 2. The van der Waals surface area contributed by atoms with Crippen LogP contribution < -0.4 is 11.2 Å². The van der Waals surface area contributed by atoms with E-state index in [2.05, 4.69) is 40.6 Å². The van der Waals surface area contributed by atoms with Gasteiger partial charge in [-0.15, -0.1) is 0 Å². The van der Waals surface area contributed by atoms with E-state index in [0.29, 0.717) is 11.3 Å². The van der Waals surface area contributed by atoms with Crippen LogP contribution in [0.15, 0.2) is 76.8 Å². The van der Waals surface area contributed by atoms with Crippen LogP contribution in [0, 0.1) is 13.8 Å². The Labute approximate surface area is 164 Å². The number of nitrogens with two attached hydrogens (primary N) is 1. The minimum absolute atomic E-state index is 0.284. The number of carbonyl (C=O) groups excluding carboxylic acids is 1. The van der Waals surface area contributed by atoms with Gasteiger partial charge in [0.15, 0.2) is 0 Å². The summed E-state index contributed by atoms with van der Waals surface area (Å²) in [6, 6.07) is 20.6. The number of rotatable bonds is 5. The summed E-state index contributed by atoms with van der Waals surface area (Å²) >= 11 is 0. The number of nitrogen functional groups attached to an aromatic ring is 1. The van der Waals surface area contributed by atoms with Crippen molar-refractivity contribution in [2.45, 2.75) is 13.8 Å². The Balaban J connectivity index is 1.60. The number of carbonyl (C=O) groups is 1. The second kappa shape index (κ2) is 8.77. The molecule has 3 aromatic carbocycles. The van der Waals surface area contributed by atoms with Crippen molar-refractivity contribution in [1.29, 1.82) is 0 Å². The van der Waals surface area contributed by atoms with E-state index in [1.54, 1.807) is 30.5 Å². The molecule has 0 aliphatic rings. The van der Waals surface area contributed by atoms with Crippen molar-refractivity contribution in [1.82, 2.24) is 5.43 Å². The molecule has 1 amide bonds. The number of aryl methyl sites for hydroxylation is 2. The third kappa shape index (κ3) is 5.14. The third-order valence-corrected chi connectivity index (χ3v) is 4.21. The topological polar surface area (TPSA) is 79.8 Å². The van der Waals surface area contributed by atoms with Gasteiger partial charge in [-0.3, -0.25) is 9.79 Å². The fourth-order valence-electron chi connectivity index (χ4n) is 2.54. The number of amides is 1. The first-order valence-corrected chi connectivity index (χ1v) is 8.91. The Kier molecular flexibility index (Phi) is 5.97. The zero-order valence-corrected chi connectivity index (χ0v) is 15.9. The molecule has 0 fully saturated rings. The summed E-state index contributed by atoms with van der Waals surface area (Å²) in [6.07, 6.45) is 3.44. The normalized spacial score (nSPS) is 11.2. The van der Waals surface area contributed by atoms with Crippen molar-refractivity contribution in [3.63, 3.8) is 0 Å². The number of hydrazone groups is 1. The number of aliphatic imine (C=N–C) groups is 1. The van der Waals surface area contributed by atoms with E-state index in [1.165, 1.54) is 5.56 Å². The molecular formula is C23H22N4O. The predicted molar refractivity (Wildman–Crippen MR) is 116 cm³/mol. The van der Waals surface area contributed by atoms with Gasteiger partial charge in [-0.25, -0.2) is 5.43 Å². The van der Waals surface area contributed by atoms with Crippen LogP contribution in [0.4, 0.5) is 11.4 Å². The van der Waals surface area contributed by atoms with Crippen LogP contribution in [-0.2, 0) is 0 Å². The first-order chi connectivity index (χ1) is 13.5. The molecule has 0 aliphatic heterocycles. The fraction of sp³-hybridized carbons (Fsp3) is 0.0870. The van der Waals surface area contributed by atoms with Crippen LogP contribution in [0.5, 0.6) is 0 Å². The number of nitrogens with zero attached hydrogens (tertiary/aromatic N) is 2. The molecule has 3 N–H and O–H groups in total. The van der Waals surface area contributed by atoms with Gasteiger partial charge in [0.05, 0.1) is 11.9 Å². The number of nitrogens with one attached hydrogen (secondary N) is 1. The van der Waals surface area contributed by atoms with Crippen molar-refractivity contribution in [2.24, 2.45) is 10.1 Å². The summed E-state index contributed by atoms with van der Waals surface area (Å²) in [6.45, 7) is 4.10. The summed E-state index contributed by atoms with van der Waals surface area (Å²) in [7, 11) is 0. The van der Waals surface area contributed by atoms with Gasteiger partial charge < -0.3 is 5.73 Å². The molecule has 140 valence electrons. The van der Waals surface area contributed by atoms with Gasteiger partial charge in [0.25, 0.3) is 5.91 Å². The monoisotopic (exact) mass is 370 g/mol. The summed E-state index contributed by atoms with van der Waals surface area (Å²) < 4.78 is 0. The van der Waals surface area contributed by atoms with E-state index in [-0.39, 0.29) is 5.91 Å². The quantitative estimate of drug-likeness (QED) is 0.396. The lowest BCUT2D eigenvalue weighted by atomic mass is 10.1. The van der Waals surface area contributed by atoms with E-state index < -0.39 is 0 Å². The van der Waals surface area contributed by atoms with Crippen LogP contribution in [0.3, 0.4) is 0 Å². The minimum Gasteiger partial charge on any atom is -0.399 e. The van der Waals surface area contributed by atoms with Gasteiger partial charge in [-0.1, -0.05) is 36.4 Å². The molecule has 0 radical (unpaired) electrons. The predicted octanol–water partition coefficient (Wildman–Crippen LogP) is 4.40. The smallest absolute Gasteiger partial charge is 0.271 e. The molecule has 0 atom stereocenters. The summed E-state index contributed by atoms with van der Waals surface area (Å²) in [5, 5.41) is 4.00. The lowest BCUT2D eigenvalue weighted by molar-refractivity contribution is 0.0955. The maximum Gasteiger partial charge on any atom is 0.271 e.